The van der Waals surface area contributed by atoms with Crippen LogP contribution in [0.15, 0.2) is 12.7 Å². The maximum atomic E-state index is 3.80. The van der Waals surface area contributed by atoms with Crippen molar-refractivity contribution in [1.82, 2.24) is 0 Å². The summed E-state index contributed by atoms with van der Waals surface area (Å²) in [5.74, 6) is 0.778. The number of hydrogen-bond acceptors (Lipinski definition) is 0. The second kappa shape index (κ2) is 37.2. The Labute approximate surface area is 100 Å². The van der Waals surface area contributed by atoms with Gasteiger partial charge < -0.3 is 0 Å². The predicted octanol–water partition coefficient (Wildman–Crippen LogP) is 6.47. The summed E-state index contributed by atoms with van der Waals surface area (Å²) in [4.78, 5) is 0. The van der Waals surface area contributed by atoms with Crippen LogP contribution in [0.5, 0.6) is 0 Å². The zero-order chi connectivity index (χ0) is 13.1. The van der Waals surface area contributed by atoms with Gasteiger partial charge in [-0.05, 0) is 18.8 Å². The summed E-state index contributed by atoms with van der Waals surface area (Å²) in [5, 5.41) is 0. The summed E-state index contributed by atoms with van der Waals surface area (Å²) in [5.41, 5.74) is 0. The molecule has 0 heteroatoms. The lowest BCUT2D eigenvalue weighted by Gasteiger charge is -2.07. The average molecular weight is 216 g/mol. The molecule has 15 heavy (non-hydrogen) atoms. The van der Waals surface area contributed by atoms with E-state index < -0.39 is 0 Å². The van der Waals surface area contributed by atoms with Crippen molar-refractivity contribution in [3.8, 4) is 0 Å². The zero-order valence-corrected chi connectivity index (χ0v) is 12.7. The highest BCUT2D eigenvalue weighted by atomic mass is 14.0. The first-order valence-electron chi connectivity index (χ1n) is 6.97. The van der Waals surface area contributed by atoms with E-state index in [0.717, 1.165) is 5.92 Å². The summed E-state index contributed by atoms with van der Waals surface area (Å²) in [7, 11) is 0. The van der Waals surface area contributed by atoms with Gasteiger partial charge in [-0.1, -0.05) is 74.3 Å². The molecule has 0 saturated carbocycles. The van der Waals surface area contributed by atoms with Gasteiger partial charge in [0.15, 0.2) is 0 Å². The number of rotatable bonds is 5. The molecule has 0 aromatic heterocycles. The van der Waals surface area contributed by atoms with Crippen molar-refractivity contribution in [2.24, 2.45) is 5.92 Å². The molecule has 0 unspecified atom stereocenters. The van der Waals surface area contributed by atoms with Crippen molar-refractivity contribution in [3.63, 3.8) is 0 Å². The van der Waals surface area contributed by atoms with Crippen molar-refractivity contribution in [2.75, 3.05) is 0 Å². The lowest BCUT2D eigenvalue weighted by Crippen LogP contribution is -1.93. The van der Waals surface area contributed by atoms with Gasteiger partial charge in [-0.2, -0.15) is 0 Å². The zero-order valence-electron chi connectivity index (χ0n) is 12.7. The molecule has 0 amide bonds. The van der Waals surface area contributed by atoms with Crippen LogP contribution in [0.1, 0.15) is 81.1 Å². The third-order valence-corrected chi connectivity index (χ3v) is 1.65. The third-order valence-electron chi connectivity index (χ3n) is 1.65. The minimum Gasteiger partial charge on any atom is -0.103 e. The van der Waals surface area contributed by atoms with E-state index in [1.54, 1.807) is 0 Å². The maximum Gasteiger partial charge on any atom is -0.0236 e. The smallest absolute Gasteiger partial charge is 0.0236 e. The molecule has 0 aliphatic rings. The van der Waals surface area contributed by atoms with Gasteiger partial charge in [-0.25, -0.2) is 0 Å². The Morgan fingerprint density at radius 3 is 1.20 bits per heavy atom. The van der Waals surface area contributed by atoms with Gasteiger partial charge in [-0.3, -0.25) is 0 Å². The van der Waals surface area contributed by atoms with Crippen LogP contribution in [0.25, 0.3) is 0 Å². The molecule has 0 aromatic carbocycles. The Morgan fingerprint density at radius 1 is 0.800 bits per heavy atom. The fourth-order valence-corrected chi connectivity index (χ4v) is 1.12. The quantitative estimate of drug-likeness (QED) is 0.462. The molecule has 0 nitrogen and oxygen atoms in total. The minimum atomic E-state index is 0.778. The van der Waals surface area contributed by atoms with Gasteiger partial charge in [0.25, 0.3) is 0 Å². The Bertz CT molecular complexity index is 58.4. The van der Waals surface area contributed by atoms with Crippen LogP contribution >= 0.6 is 0 Å². The first-order chi connectivity index (χ1) is 7.35. The van der Waals surface area contributed by atoms with Crippen LogP contribution in [-0.2, 0) is 0 Å². The molecule has 0 radical (unpaired) electrons. The summed E-state index contributed by atoms with van der Waals surface area (Å²) in [6.45, 7) is 20.3. The Hall–Kier alpha value is -0.260. The molecule has 96 valence electrons. The molecular formula is C15H36. The topological polar surface area (TPSA) is 0 Å². The summed E-state index contributed by atoms with van der Waals surface area (Å²) >= 11 is 0. The maximum absolute atomic E-state index is 3.80. The first-order valence-corrected chi connectivity index (χ1v) is 6.97. The largest absolute Gasteiger partial charge is 0.103 e. The van der Waals surface area contributed by atoms with E-state index in [4.69, 9.17) is 0 Å². The average Bonchev–Trinajstić information content (AvgIpc) is 2.36. The fourth-order valence-electron chi connectivity index (χ4n) is 1.12. The van der Waals surface area contributed by atoms with Crippen LogP contribution in [0, 0.1) is 5.92 Å². The lowest BCUT2D eigenvalue weighted by molar-refractivity contribution is 0.531. The summed E-state index contributed by atoms with van der Waals surface area (Å²) in [6, 6.07) is 0. The molecule has 0 heterocycles. The fraction of sp³-hybridized carbons (Fsp3) is 0.867. The Kier molecular flexibility index (Phi) is 59.9. The van der Waals surface area contributed by atoms with E-state index in [1.165, 1.54) is 25.7 Å². The van der Waals surface area contributed by atoms with E-state index in [-0.39, 0.29) is 0 Å². The van der Waals surface area contributed by atoms with Crippen LogP contribution in [0.4, 0.5) is 0 Å². The highest BCUT2D eigenvalue weighted by Crippen LogP contribution is 2.13. The standard InChI is InChI=1S/C9H18.3C2H6/c1-4-7-9(6-3)8-5-2;3*1-2/h6,9H,3-5,7-8H2,1-2H3;3*1-2H3. The molecular weight excluding hydrogens is 180 g/mol. The molecule has 0 aliphatic carbocycles. The monoisotopic (exact) mass is 216 g/mol. The molecule has 0 fully saturated rings. The van der Waals surface area contributed by atoms with Crippen molar-refractivity contribution >= 4 is 0 Å². The van der Waals surface area contributed by atoms with Crippen LogP contribution < -0.4 is 0 Å². The number of hydrogen-bond donors (Lipinski definition) is 0. The molecule has 0 bridgehead atoms. The number of allylic oxidation sites excluding steroid dienone is 1. The van der Waals surface area contributed by atoms with Crippen LogP contribution in [0.2, 0.25) is 0 Å². The van der Waals surface area contributed by atoms with Crippen LogP contribution in [-0.4, -0.2) is 0 Å². The second-order valence-electron chi connectivity index (χ2n) is 2.57. The SMILES string of the molecule is C=CC(CCC)CCC.CC.CC.CC. The highest BCUT2D eigenvalue weighted by Gasteiger charge is 1.98. The van der Waals surface area contributed by atoms with Crippen molar-refractivity contribution in [2.45, 2.75) is 81.1 Å². The minimum absolute atomic E-state index is 0.778. The van der Waals surface area contributed by atoms with E-state index in [9.17, 15) is 0 Å². The van der Waals surface area contributed by atoms with Gasteiger partial charge >= 0.3 is 0 Å². The van der Waals surface area contributed by atoms with Crippen molar-refractivity contribution in [3.05, 3.63) is 12.7 Å². The first kappa shape index (κ1) is 24.1. The lowest BCUT2D eigenvalue weighted by atomic mass is 9.99. The second-order valence-corrected chi connectivity index (χ2v) is 2.57. The summed E-state index contributed by atoms with van der Waals surface area (Å²) < 4.78 is 0. The third kappa shape index (κ3) is 31.6. The van der Waals surface area contributed by atoms with E-state index in [1.807, 2.05) is 41.5 Å². The highest BCUT2D eigenvalue weighted by molar-refractivity contribution is 4.77. The van der Waals surface area contributed by atoms with E-state index >= 15 is 0 Å². The molecule has 0 spiro atoms. The molecule has 0 N–H and O–H groups in total. The van der Waals surface area contributed by atoms with Gasteiger partial charge in [0, 0.05) is 0 Å². The van der Waals surface area contributed by atoms with E-state index in [0.29, 0.717) is 0 Å². The molecule has 0 atom stereocenters. The van der Waals surface area contributed by atoms with E-state index in [2.05, 4.69) is 26.5 Å². The molecule has 0 rings (SSSR count). The molecule has 0 aliphatic heterocycles. The Morgan fingerprint density at radius 2 is 1.07 bits per heavy atom. The molecule has 0 saturated heterocycles. The summed E-state index contributed by atoms with van der Waals surface area (Å²) in [6.07, 6.45) is 7.30. The van der Waals surface area contributed by atoms with Crippen LogP contribution in [0.3, 0.4) is 0 Å². The van der Waals surface area contributed by atoms with Gasteiger partial charge in [0.2, 0.25) is 0 Å². The van der Waals surface area contributed by atoms with Gasteiger partial charge in [0.05, 0.1) is 0 Å². The Balaban J connectivity index is -0.0000000860. The normalized spacial score (nSPS) is 7.27. The van der Waals surface area contributed by atoms with Gasteiger partial charge in [-0.15, -0.1) is 6.58 Å². The van der Waals surface area contributed by atoms with Gasteiger partial charge in [0.1, 0.15) is 0 Å². The van der Waals surface area contributed by atoms with Crippen molar-refractivity contribution < 1.29 is 0 Å². The predicted molar refractivity (Wildman–Crippen MR) is 77.5 cm³/mol. The molecule has 0 aromatic rings. The van der Waals surface area contributed by atoms with Crippen molar-refractivity contribution in [1.29, 1.82) is 0 Å².